The Morgan fingerprint density at radius 3 is 2.35 bits per heavy atom. The number of esters is 2. The standard InChI is InChI=1S/C15H15ClN2O5/c1-15(2)22-13(20)10(14(21)23-15)7-18-8-4-5-9(11(16)6-8)12(19)17-3/h4-7,18H,1-3H3,(H,17,19). The van der Waals surface area contributed by atoms with Crippen molar-refractivity contribution in [2.75, 3.05) is 12.4 Å². The molecule has 8 heteroatoms. The third-order valence-electron chi connectivity index (χ3n) is 2.94. The summed E-state index contributed by atoms with van der Waals surface area (Å²) in [5, 5.41) is 5.44. The van der Waals surface area contributed by atoms with Crippen molar-refractivity contribution in [3.63, 3.8) is 0 Å². The molecule has 1 fully saturated rings. The predicted molar refractivity (Wildman–Crippen MR) is 82.8 cm³/mol. The van der Waals surface area contributed by atoms with Gasteiger partial charge in [-0.1, -0.05) is 11.6 Å². The first-order valence-electron chi connectivity index (χ1n) is 6.68. The number of carbonyl (C=O) groups is 3. The van der Waals surface area contributed by atoms with Crippen LogP contribution in [0.1, 0.15) is 24.2 Å². The molecule has 0 bridgehead atoms. The van der Waals surface area contributed by atoms with Crippen LogP contribution in [-0.4, -0.2) is 30.7 Å². The van der Waals surface area contributed by atoms with Crippen molar-refractivity contribution in [3.05, 3.63) is 40.6 Å². The Hall–Kier alpha value is -2.54. The van der Waals surface area contributed by atoms with Crippen LogP contribution in [0, 0.1) is 0 Å². The second-order valence-electron chi connectivity index (χ2n) is 5.15. The van der Waals surface area contributed by atoms with Crippen LogP contribution in [-0.2, 0) is 19.1 Å². The summed E-state index contributed by atoms with van der Waals surface area (Å²) in [7, 11) is 1.50. The van der Waals surface area contributed by atoms with Crippen molar-refractivity contribution >= 4 is 35.1 Å². The highest BCUT2D eigenvalue weighted by Crippen LogP contribution is 2.24. The van der Waals surface area contributed by atoms with Crippen LogP contribution < -0.4 is 10.6 Å². The van der Waals surface area contributed by atoms with Crippen molar-refractivity contribution < 1.29 is 23.9 Å². The van der Waals surface area contributed by atoms with E-state index in [4.69, 9.17) is 21.1 Å². The third-order valence-corrected chi connectivity index (χ3v) is 3.25. The lowest BCUT2D eigenvalue weighted by atomic mass is 10.2. The van der Waals surface area contributed by atoms with Gasteiger partial charge in [0, 0.05) is 32.8 Å². The summed E-state index contributed by atoms with van der Waals surface area (Å²) in [5.41, 5.74) is 0.530. The molecule has 1 aromatic rings. The zero-order valence-electron chi connectivity index (χ0n) is 12.7. The molecule has 1 heterocycles. The molecular formula is C15H15ClN2O5. The largest absolute Gasteiger partial charge is 0.419 e. The molecule has 0 atom stereocenters. The van der Waals surface area contributed by atoms with E-state index in [9.17, 15) is 14.4 Å². The number of halogens is 1. The van der Waals surface area contributed by atoms with E-state index in [1.807, 2.05) is 0 Å². The van der Waals surface area contributed by atoms with Crippen LogP contribution in [0.15, 0.2) is 30.0 Å². The van der Waals surface area contributed by atoms with Crippen LogP contribution in [0.5, 0.6) is 0 Å². The summed E-state index contributed by atoms with van der Waals surface area (Å²) in [4.78, 5) is 35.1. The molecule has 0 saturated carbocycles. The first-order chi connectivity index (χ1) is 10.7. The average Bonchev–Trinajstić information content (AvgIpc) is 2.44. The molecule has 1 aromatic carbocycles. The molecule has 0 unspecified atom stereocenters. The number of amides is 1. The summed E-state index contributed by atoms with van der Waals surface area (Å²) in [6.07, 6.45) is 1.17. The topological polar surface area (TPSA) is 93.7 Å². The molecule has 0 radical (unpaired) electrons. The molecule has 0 aliphatic carbocycles. The maximum absolute atomic E-state index is 11.8. The summed E-state index contributed by atoms with van der Waals surface area (Å²) in [6.45, 7) is 2.93. The lowest BCUT2D eigenvalue weighted by Gasteiger charge is -2.29. The van der Waals surface area contributed by atoms with Gasteiger partial charge in [-0.25, -0.2) is 9.59 Å². The molecule has 1 saturated heterocycles. The first kappa shape index (κ1) is 16.8. The molecule has 2 rings (SSSR count). The lowest BCUT2D eigenvalue weighted by Crippen LogP contribution is -2.42. The van der Waals surface area contributed by atoms with Crippen LogP contribution in [0.2, 0.25) is 5.02 Å². The number of ether oxygens (including phenoxy) is 2. The van der Waals surface area contributed by atoms with Gasteiger partial charge in [0.1, 0.15) is 0 Å². The zero-order chi connectivity index (χ0) is 17.2. The van der Waals surface area contributed by atoms with Crippen molar-refractivity contribution in [3.8, 4) is 0 Å². The van der Waals surface area contributed by atoms with Crippen molar-refractivity contribution in [2.24, 2.45) is 0 Å². The number of carbonyl (C=O) groups excluding carboxylic acids is 3. The van der Waals surface area contributed by atoms with E-state index in [-0.39, 0.29) is 16.5 Å². The molecule has 1 aliphatic heterocycles. The van der Waals surface area contributed by atoms with E-state index in [0.29, 0.717) is 11.3 Å². The predicted octanol–water partition coefficient (Wildman–Crippen LogP) is 1.83. The Morgan fingerprint density at radius 2 is 1.83 bits per heavy atom. The minimum Gasteiger partial charge on any atom is -0.419 e. The highest BCUT2D eigenvalue weighted by atomic mass is 35.5. The molecule has 1 aliphatic rings. The summed E-state index contributed by atoms with van der Waals surface area (Å²) in [6, 6.07) is 4.59. The van der Waals surface area contributed by atoms with Crippen molar-refractivity contribution in [2.45, 2.75) is 19.6 Å². The van der Waals surface area contributed by atoms with Gasteiger partial charge in [0.05, 0.1) is 10.6 Å². The average molecular weight is 339 g/mol. The Kier molecular flexibility index (Phi) is 4.60. The summed E-state index contributed by atoms with van der Waals surface area (Å²) >= 11 is 6.01. The van der Waals surface area contributed by atoms with Crippen LogP contribution >= 0.6 is 11.6 Å². The van der Waals surface area contributed by atoms with E-state index in [1.54, 1.807) is 6.07 Å². The minimum absolute atomic E-state index is 0.225. The Bertz CT molecular complexity index is 690. The number of hydrogen-bond donors (Lipinski definition) is 2. The first-order valence-corrected chi connectivity index (χ1v) is 7.06. The smallest absolute Gasteiger partial charge is 0.350 e. The highest BCUT2D eigenvalue weighted by Gasteiger charge is 2.38. The molecule has 2 N–H and O–H groups in total. The zero-order valence-corrected chi connectivity index (χ0v) is 13.5. The molecule has 7 nitrogen and oxygen atoms in total. The summed E-state index contributed by atoms with van der Waals surface area (Å²) in [5.74, 6) is -3.18. The normalized spacial score (nSPS) is 16.3. The van der Waals surface area contributed by atoms with E-state index < -0.39 is 17.7 Å². The fourth-order valence-corrected chi connectivity index (χ4v) is 2.12. The number of hydrogen-bond acceptors (Lipinski definition) is 6. The monoisotopic (exact) mass is 338 g/mol. The van der Waals surface area contributed by atoms with Gasteiger partial charge < -0.3 is 20.1 Å². The molecule has 122 valence electrons. The summed E-state index contributed by atoms with van der Waals surface area (Å²) < 4.78 is 9.93. The van der Waals surface area contributed by atoms with E-state index in [2.05, 4.69) is 10.6 Å². The van der Waals surface area contributed by atoms with Crippen LogP contribution in [0.3, 0.4) is 0 Å². The van der Waals surface area contributed by atoms with Gasteiger partial charge in [-0.2, -0.15) is 0 Å². The Labute approximate surface area is 137 Å². The quantitative estimate of drug-likeness (QED) is 0.496. The molecule has 1 amide bonds. The fraction of sp³-hybridized carbons (Fsp3) is 0.267. The highest BCUT2D eigenvalue weighted by molar-refractivity contribution is 6.34. The molecule has 23 heavy (non-hydrogen) atoms. The maximum atomic E-state index is 11.8. The van der Waals surface area contributed by atoms with Gasteiger partial charge >= 0.3 is 11.9 Å². The SMILES string of the molecule is CNC(=O)c1ccc(NC=C2C(=O)OC(C)(C)OC2=O)cc1Cl. The van der Waals surface area contributed by atoms with Gasteiger partial charge in [0.25, 0.3) is 11.7 Å². The van der Waals surface area contributed by atoms with Crippen LogP contribution in [0.4, 0.5) is 5.69 Å². The lowest BCUT2D eigenvalue weighted by molar-refractivity contribution is -0.222. The molecular weight excluding hydrogens is 324 g/mol. The van der Waals surface area contributed by atoms with E-state index in [1.165, 1.54) is 39.2 Å². The van der Waals surface area contributed by atoms with Gasteiger partial charge in [-0.3, -0.25) is 4.79 Å². The Morgan fingerprint density at radius 1 is 1.22 bits per heavy atom. The molecule has 0 aromatic heterocycles. The number of nitrogens with one attached hydrogen (secondary N) is 2. The number of anilines is 1. The fourth-order valence-electron chi connectivity index (χ4n) is 1.86. The van der Waals surface area contributed by atoms with Crippen molar-refractivity contribution in [1.29, 1.82) is 0 Å². The second kappa shape index (κ2) is 6.29. The van der Waals surface area contributed by atoms with Crippen molar-refractivity contribution in [1.82, 2.24) is 5.32 Å². The Balaban J connectivity index is 2.17. The van der Waals surface area contributed by atoms with E-state index >= 15 is 0 Å². The minimum atomic E-state index is -1.29. The third kappa shape index (κ3) is 3.81. The number of rotatable bonds is 3. The molecule has 0 spiro atoms. The van der Waals surface area contributed by atoms with Gasteiger partial charge in [-0.05, 0) is 18.2 Å². The maximum Gasteiger partial charge on any atom is 0.350 e. The van der Waals surface area contributed by atoms with E-state index in [0.717, 1.165) is 0 Å². The van der Waals surface area contributed by atoms with Crippen LogP contribution in [0.25, 0.3) is 0 Å². The van der Waals surface area contributed by atoms with Gasteiger partial charge in [-0.15, -0.1) is 0 Å². The second-order valence-corrected chi connectivity index (χ2v) is 5.56. The number of benzene rings is 1. The van der Waals surface area contributed by atoms with Gasteiger partial charge in [0.2, 0.25) is 0 Å². The number of cyclic esters (lactones) is 2. The van der Waals surface area contributed by atoms with Gasteiger partial charge in [0.15, 0.2) is 5.57 Å².